The molecule has 1 atom stereocenters. The summed E-state index contributed by atoms with van der Waals surface area (Å²) in [6.45, 7) is 0.752. The van der Waals surface area contributed by atoms with Crippen molar-refractivity contribution in [1.29, 1.82) is 0 Å². The highest BCUT2D eigenvalue weighted by molar-refractivity contribution is 5.79. The smallest absolute Gasteiger partial charge is 0.224 e. The third kappa shape index (κ3) is 4.32. The number of carbonyl (C=O) groups excluding carboxylic acids is 1. The van der Waals surface area contributed by atoms with E-state index in [2.05, 4.69) is 27.2 Å². The highest BCUT2D eigenvalue weighted by Gasteiger charge is 2.25. The van der Waals surface area contributed by atoms with Gasteiger partial charge in [0.15, 0.2) is 11.5 Å². The van der Waals surface area contributed by atoms with Gasteiger partial charge in [-0.2, -0.15) is 5.10 Å². The number of methoxy groups -OCH3 is 2. The topological polar surface area (TPSA) is 65.4 Å². The van der Waals surface area contributed by atoms with Crippen LogP contribution in [0, 0.1) is 0 Å². The van der Waals surface area contributed by atoms with Crippen molar-refractivity contribution in [3.05, 3.63) is 77.1 Å². The summed E-state index contributed by atoms with van der Waals surface area (Å²) < 4.78 is 12.7. The first kappa shape index (κ1) is 20.0. The van der Waals surface area contributed by atoms with Gasteiger partial charge >= 0.3 is 0 Å². The highest BCUT2D eigenvalue weighted by Crippen LogP contribution is 2.31. The fourth-order valence-corrected chi connectivity index (χ4v) is 4.08. The number of nitrogens with zero attached hydrogens (tertiary/aromatic N) is 2. The van der Waals surface area contributed by atoms with E-state index in [4.69, 9.17) is 9.47 Å². The predicted octanol–water partition coefficient (Wildman–Crippen LogP) is 3.68. The maximum atomic E-state index is 12.7. The van der Waals surface area contributed by atoms with Crippen LogP contribution in [-0.2, 0) is 24.2 Å². The molecule has 156 valence electrons. The normalized spacial score (nSPS) is 15.3. The number of ether oxygens (including phenoxy) is 2. The summed E-state index contributed by atoms with van der Waals surface area (Å²) in [5.74, 6) is 1.28. The van der Waals surface area contributed by atoms with E-state index in [-0.39, 0.29) is 11.9 Å². The minimum atomic E-state index is -0.00382. The first-order valence-corrected chi connectivity index (χ1v) is 10.3. The van der Waals surface area contributed by atoms with E-state index in [1.165, 1.54) is 11.3 Å². The van der Waals surface area contributed by atoms with Crippen LogP contribution in [0.1, 0.15) is 41.3 Å². The predicted molar refractivity (Wildman–Crippen MR) is 115 cm³/mol. The monoisotopic (exact) mass is 405 g/mol. The molecule has 0 saturated heterocycles. The Morgan fingerprint density at radius 2 is 1.90 bits per heavy atom. The number of nitrogens with one attached hydrogen (secondary N) is 1. The molecule has 1 heterocycles. The van der Waals surface area contributed by atoms with Crippen LogP contribution in [-0.4, -0.2) is 29.9 Å². The van der Waals surface area contributed by atoms with Gasteiger partial charge in [0.05, 0.1) is 39.4 Å². The van der Waals surface area contributed by atoms with Crippen LogP contribution in [0.15, 0.2) is 54.7 Å². The molecule has 1 aliphatic carbocycles. The van der Waals surface area contributed by atoms with Crippen LogP contribution in [0.2, 0.25) is 0 Å². The van der Waals surface area contributed by atoms with Gasteiger partial charge in [0.25, 0.3) is 0 Å². The molecule has 30 heavy (non-hydrogen) atoms. The Morgan fingerprint density at radius 1 is 1.10 bits per heavy atom. The molecule has 1 aromatic heterocycles. The molecule has 0 fully saturated rings. The van der Waals surface area contributed by atoms with Gasteiger partial charge in [0.1, 0.15) is 0 Å². The molecule has 0 bridgehead atoms. The van der Waals surface area contributed by atoms with Crippen molar-refractivity contribution in [1.82, 2.24) is 15.1 Å². The number of hydrogen-bond donors (Lipinski definition) is 1. The van der Waals surface area contributed by atoms with Crippen molar-refractivity contribution in [2.24, 2.45) is 0 Å². The fourth-order valence-electron chi connectivity index (χ4n) is 4.08. The number of benzene rings is 2. The summed E-state index contributed by atoms with van der Waals surface area (Å²) in [6.07, 6.45) is 5.17. The van der Waals surface area contributed by atoms with Crippen molar-refractivity contribution in [2.75, 3.05) is 14.2 Å². The lowest BCUT2D eigenvalue weighted by Gasteiger charge is -2.24. The first-order valence-electron chi connectivity index (χ1n) is 10.3. The van der Waals surface area contributed by atoms with E-state index in [0.717, 1.165) is 36.9 Å². The van der Waals surface area contributed by atoms with E-state index in [0.29, 0.717) is 17.9 Å². The largest absolute Gasteiger partial charge is 0.493 e. The number of aromatic nitrogens is 2. The Labute approximate surface area is 176 Å². The van der Waals surface area contributed by atoms with Crippen molar-refractivity contribution >= 4 is 5.91 Å². The van der Waals surface area contributed by atoms with E-state index in [1.54, 1.807) is 14.2 Å². The van der Waals surface area contributed by atoms with Crippen LogP contribution in [0.3, 0.4) is 0 Å². The number of hydrogen-bond acceptors (Lipinski definition) is 4. The van der Waals surface area contributed by atoms with Gasteiger partial charge in [0.2, 0.25) is 5.91 Å². The standard InChI is InChI=1S/C24H27N3O3/c1-29-22-12-11-18(13-23(22)30-2)14-24(28)26-20-9-6-10-21-19(20)15-25-27(21)16-17-7-4-3-5-8-17/h3-5,7-8,11-13,15,20H,6,9-10,14,16H2,1-2H3,(H,26,28). The third-order valence-electron chi connectivity index (χ3n) is 5.59. The molecule has 0 saturated carbocycles. The molecule has 4 rings (SSSR count). The summed E-state index contributed by atoms with van der Waals surface area (Å²) in [6, 6.07) is 15.9. The second-order valence-corrected chi connectivity index (χ2v) is 7.57. The van der Waals surface area contributed by atoms with Gasteiger partial charge in [-0.15, -0.1) is 0 Å². The van der Waals surface area contributed by atoms with Crippen LogP contribution in [0.4, 0.5) is 0 Å². The van der Waals surface area contributed by atoms with Crippen LogP contribution < -0.4 is 14.8 Å². The molecule has 1 N–H and O–H groups in total. The Morgan fingerprint density at radius 3 is 2.67 bits per heavy atom. The summed E-state index contributed by atoms with van der Waals surface area (Å²) in [4.78, 5) is 12.7. The Hall–Kier alpha value is -3.28. The van der Waals surface area contributed by atoms with Crippen molar-refractivity contribution in [3.8, 4) is 11.5 Å². The molecule has 3 aromatic rings. The molecule has 1 amide bonds. The lowest BCUT2D eigenvalue weighted by molar-refractivity contribution is -0.121. The second-order valence-electron chi connectivity index (χ2n) is 7.57. The average Bonchev–Trinajstić information content (AvgIpc) is 3.18. The van der Waals surface area contributed by atoms with E-state index < -0.39 is 0 Å². The molecular formula is C24H27N3O3. The SMILES string of the molecule is COc1ccc(CC(=O)NC2CCCc3c2cnn3Cc2ccccc2)cc1OC. The van der Waals surface area contributed by atoms with E-state index in [1.807, 2.05) is 42.6 Å². The lowest BCUT2D eigenvalue weighted by Crippen LogP contribution is -2.32. The molecule has 1 unspecified atom stereocenters. The third-order valence-corrected chi connectivity index (χ3v) is 5.59. The maximum Gasteiger partial charge on any atom is 0.224 e. The van der Waals surface area contributed by atoms with E-state index >= 15 is 0 Å². The number of carbonyl (C=O) groups is 1. The zero-order valence-electron chi connectivity index (χ0n) is 17.4. The van der Waals surface area contributed by atoms with Gasteiger partial charge in [-0.3, -0.25) is 9.48 Å². The van der Waals surface area contributed by atoms with Crippen LogP contribution in [0.25, 0.3) is 0 Å². The van der Waals surface area contributed by atoms with Gasteiger partial charge in [-0.25, -0.2) is 0 Å². The highest BCUT2D eigenvalue weighted by atomic mass is 16.5. The fraction of sp³-hybridized carbons (Fsp3) is 0.333. The summed E-state index contributed by atoms with van der Waals surface area (Å²) >= 11 is 0. The Bertz CT molecular complexity index is 1010. The van der Waals surface area contributed by atoms with Crippen LogP contribution in [0.5, 0.6) is 11.5 Å². The van der Waals surface area contributed by atoms with Crippen molar-refractivity contribution in [3.63, 3.8) is 0 Å². The molecule has 0 aliphatic heterocycles. The lowest BCUT2D eigenvalue weighted by atomic mass is 9.92. The second kappa shape index (κ2) is 9.03. The molecule has 6 heteroatoms. The van der Waals surface area contributed by atoms with Gasteiger partial charge in [-0.1, -0.05) is 36.4 Å². The minimum Gasteiger partial charge on any atom is -0.493 e. The Kier molecular flexibility index (Phi) is 6.02. The number of rotatable bonds is 7. The zero-order chi connectivity index (χ0) is 20.9. The molecule has 1 aliphatic rings. The summed E-state index contributed by atoms with van der Waals surface area (Å²) in [5.41, 5.74) is 4.48. The van der Waals surface area contributed by atoms with Gasteiger partial charge < -0.3 is 14.8 Å². The average molecular weight is 405 g/mol. The van der Waals surface area contributed by atoms with Gasteiger partial charge in [0, 0.05) is 11.3 Å². The van der Waals surface area contributed by atoms with Crippen molar-refractivity contribution < 1.29 is 14.3 Å². The minimum absolute atomic E-state index is 0.00382. The molecule has 0 spiro atoms. The molecule has 2 aromatic carbocycles. The summed E-state index contributed by atoms with van der Waals surface area (Å²) in [5, 5.41) is 7.81. The summed E-state index contributed by atoms with van der Waals surface area (Å²) in [7, 11) is 3.20. The number of amides is 1. The Balaban J connectivity index is 1.44. The van der Waals surface area contributed by atoms with Crippen molar-refractivity contribution in [2.45, 2.75) is 38.3 Å². The molecule has 0 radical (unpaired) electrons. The number of fused-ring (bicyclic) bond motifs is 1. The van der Waals surface area contributed by atoms with E-state index in [9.17, 15) is 4.79 Å². The van der Waals surface area contributed by atoms with Crippen LogP contribution >= 0.6 is 0 Å². The van der Waals surface area contributed by atoms with Gasteiger partial charge in [-0.05, 0) is 42.5 Å². The quantitative estimate of drug-likeness (QED) is 0.651. The molecule has 6 nitrogen and oxygen atoms in total. The zero-order valence-corrected chi connectivity index (χ0v) is 17.4. The molecular weight excluding hydrogens is 378 g/mol. The first-order chi connectivity index (χ1) is 14.7. The maximum absolute atomic E-state index is 12.7.